The smallest absolute Gasteiger partial charge is 0.358 e. The van der Waals surface area contributed by atoms with Crippen molar-refractivity contribution in [3.05, 3.63) is 11.9 Å². The van der Waals surface area contributed by atoms with Gasteiger partial charge < -0.3 is 20.1 Å². The van der Waals surface area contributed by atoms with Crippen molar-refractivity contribution in [3.63, 3.8) is 0 Å². The molecule has 2 N–H and O–H groups in total. The zero-order valence-corrected chi connectivity index (χ0v) is 10.6. The fourth-order valence-electron chi connectivity index (χ4n) is 1.79. The number of amides is 2. The molecule has 2 heterocycles. The first-order valence-electron chi connectivity index (χ1n) is 6.06. The van der Waals surface area contributed by atoms with E-state index in [0.717, 1.165) is 0 Å². The number of hydrogen-bond donors (Lipinski definition) is 2. The SMILES string of the molecule is CCn1cc(NC(=O)N2CCOCC2)c(C(=O)O)n1. The first kappa shape index (κ1) is 13.3. The summed E-state index contributed by atoms with van der Waals surface area (Å²) < 4.78 is 6.62. The normalized spacial score (nSPS) is 15.3. The molecule has 104 valence electrons. The number of aromatic nitrogens is 2. The van der Waals surface area contributed by atoms with Crippen molar-refractivity contribution in [2.24, 2.45) is 0 Å². The lowest BCUT2D eigenvalue weighted by Crippen LogP contribution is -2.43. The molecule has 8 heteroatoms. The van der Waals surface area contributed by atoms with E-state index in [4.69, 9.17) is 9.84 Å². The molecule has 0 atom stereocenters. The molecular weight excluding hydrogens is 252 g/mol. The van der Waals surface area contributed by atoms with E-state index in [2.05, 4.69) is 10.4 Å². The van der Waals surface area contributed by atoms with Crippen molar-refractivity contribution in [3.8, 4) is 0 Å². The minimum Gasteiger partial charge on any atom is -0.476 e. The van der Waals surface area contributed by atoms with Gasteiger partial charge in [0.05, 0.1) is 18.9 Å². The molecule has 1 saturated heterocycles. The average Bonchev–Trinajstić information content (AvgIpc) is 2.83. The molecule has 0 aliphatic carbocycles. The maximum absolute atomic E-state index is 12.0. The molecule has 19 heavy (non-hydrogen) atoms. The quantitative estimate of drug-likeness (QED) is 0.830. The summed E-state index contributed by atoms with van der Waals surface area (Å²) in [6, 6.07) is -0.332. The zero-order valence-electron chi connectivity index (χ0n) is 10.6. The standard InChI is InChI=1S/C11H16N4O4/c1-2-15-7-8(9(13-15)10(16)17)12-11(18)14-3-5-19-6-4-14/h7H,2-6H2,1H3,(H,12,18)(H,16,17). The highest BCUT2D eigenvalue weighted by Gasteiger charge is 2.21. The Morgan fingerprint density at radius 1 is 1.47 bits per heavy atom. The molecule has 0 unspecified atom stereocenters. The predicted molar refractivity (Wildman–Crippen MR) is 66.3 cm³/mol. The van der Waals surface area contributed by atoms with Crippen LogP contribution in [0.4, 0.5) is 10.5 Å². The molecule has 1 aliphatic rings. The van der Waals surface area contributed by atoms with Gasteiger partial charge in [-0.3, -0.25) is 4.68 Å². The van der Waals surface area contributed by atoms with Gasteiger partial charge in [-0.25, -0.2) is 9.59 Å². The monoisotopic (exact) mass is 268 g/mol. The van der Waals surface area contributed by atoms with Gasteiger partial charge in [0.2, 0.25) is 0 Å². The molecule has 0 aromatic carbocycles. The number of hydrogen-bond acceptors (Lipinski definition) is 4. The van der Waals surface area contributed by atoms with Crippen LogP contribution in [0.15, 0.2) is 6.20 Å². The van der Waals surface area contributed by atoms with Crippen LogP contribution >= 0.6 is 0 Å². The Kier molecular flexibility index (Phi) is 4.00. The molecule has 1 aromatic rings. The van der Waals surface area contributed by atoms with Gasteiger partial charge in [0.1, 0.15) is 0 Å². The Labute approximate surface area is 109 Å². The summed E-state index contributed by atoms with van der Waals surface area (Å²) in [6.07, 6.45) is 1.52. The number of ether oxygens (including phenoxy) is 1. The number of nitrogens with zero attached hydrogens (tertiary/aromatic N) is 3. The number of aryl methyl sites for hydroxylation is 1. The molecule has 0 saturated carbocycles. The van der Waals surface area contributed by atoms with E-state index in [1.165, 1.54) is 10.9 Å². The van der Waals surface area contributed by atoms with Gasteiger partial charge in [0.15, 0.2) is 5.69 Å². The molecule has 1 fully saturated rings. The number of aromatic carboxylic acids is 1. The predicted octanol–water partition coefficient (Wildman–Crippen LogP) is 0.465. The van der Waals surface area contributed by atoms with Crippen molar-refractivity contribution in [2.75, 3.05) is 31.6 Å². The second-order valence-electron chi connectivity index (χ2n) is 4.08. The van der Waals surface area contributed by atoms with E-state index in [1.807, 2.05) is 6.92 Å². The Balaban J connectivity index is 2.10. The number of nitrogens with one attached hydrogen (secondary N) is 1. The second kappa shape index (κ2) is 5.70. The van der Waals surface area contributed by atoms with Gasteiger partial charge in [-0.2, -0.15) is 5.10 Å². The number of anilines is 1. The first-order valence-corrected chi connectivity index (χ1v) is 6.06. The van der Waals surface area contributed by atoms with Crippen LogP contribution in [0, 0.1) is 0 Å². The van der Waals surface area contributed by atoms with Crippen LogP contribution in [0.5, 0.6) is 0 Å². The number of carbonyl (C=O) groups is 2. The van der Waals surface area contributed by atoms with Crippen LogP contribution in [0.1, 0.15) is 17.4 Å². The van der Waals surface area contributed by atoms with E-state index >= 15 is 0 Å². The Morgan fingerprint density at radius 2 is 2.16 bits per heavy atom. The highest BCUT2D eigenvalue weighted by molar-refractivity contribution is 5.98. The van der Waals surface area contributed by atoms with Gasteiger partial charge in [-0.15, -0.1) is 0 Å². The number of rotatable bonds is 3. The number of carbonyl (C=O) groups excluding carboxylic acids is 1. The van der Waals surface area contributed by atoms with Crippen LogP contribution in [0.3, 0.4) is 0 Å². The summed E-state index contributed by atoms with van der Waals surface area (Å²) in [7, 11) is 0. The van der Waals surface area contributed by atoms with Crippen molar-refractivity contribution >= 4 is 17.7 Å². The fraction of sp³-hybridized carbons (Fsp3) is 0.545. The third-order valence-electron chi connectivity index (χ3n) is 2.83. The van der Waals surface area contributed by atoms with Crippen LogP contribution in [-0.2, 0) is 11.3 Å². The second-order valence-corrected chi connectivity index (χ2v) is 4.08. The molecular formula is C11H16N4O4. The summed E-state index contributed by atoms with van der Waals surface area (Å²) in [4.78, 5) is 24.6. The Bertz CT molecular complexity index is 479. The van der Waals surface area contributed by atoms with Crippen LogP contribution < -0.4 is 5.32 Å². The Hall–Kier alpha value is -2.09. The van der Waals surface area contributed by atoms with E-state index < -0.39 is 5.97 Å². The van der Waals surface area contributed by atoms with Gasteiger partial charge in [0.25, 0.3) is 0 Å². The van der Waals surface area contributed by atoms with Gasteiger partial charge in [-0.05, 0) is 6.92 Å². The largest absolute Gasteiger partial charge is 0.476 e. The lowest BCUT2D eigenvalue weighted by Gasteiger charge is -2.26. The van der Waals surface area contributed by atoms with Crippen LogP contribution in [0.25, 0.3) is 0 Å². The van der Waals surface area contributed by atoms with Crippen LogP contribution in [-0.4, -0.2) is 58.1 Å². The number of carboxylic acids is 1. The van der Waals surface area contributed by atoms with Crippen molar-refractivity contribution in [1.82, 2.24) is 14.7 Å². The highest BCUT2D eigenvalue weighted by atomic mass is 16.5. The van der Waals surface area contributed by atoms with Gasteiger partial charge >= 0.3 is 12.0 Å². The number of morpholine rings is 1. The maximum atomic E-state index is 12.0. The highest BCUT2D eigenvalue weighted by Crippen LogP contribution is 2.15. The first-order chi connectivity index (χ1) is 9.11. The van der Waals surface area contributed by atoms with Crippen molar-refractivity contribution in [2.45, 2.75) is 13.5 Å². The Morgan fingerprint density at radius 3 is 2.74 bits per heavy atom. The van der Waals surface area contributed by atoms with E-state index in [0.29, 0.717) is 32.8 Å². The van der Waals surface area contributed by atoms with E-state index in [-0.39, 0.29) is 17.4 Å². The topological polar surface area (TPSA) is 96.7 Å². The van der Waals surface area contributed by atoms with Gasteiger partial charge in [0, 0.05) is 25.8 Å². The lowest BCUT2D eigenvalue weighted by molar-refractivity contribution is 0.0564. The number of carboxylic acid groups (broad SMARTS) is 1. The molecule has 0 bridgehead atoms. The summed E-state index contributed by atoms with van der Waals surface area (Å²) in [5.41, 5.74) is 0.0642. The molecule has 0 spiro atoms. The van der Waals surface area contributed by atoms with E-state index in [1.54, 1.807) is 4.90 Å². The molecule has 1 aromatic heterocycles. The summed E-state index contributed by atoms with van der Waals surface area (Å²) in [5, 5.41) is 15.5. The van der Waals surface area contributed by atoms with Crippen molar-refractivity contribution in [1.29, 1.82) is 0 Å². The summed E-state index contributed by atoms with van der Waals surface area (Å²) >= 11 is 0. The summed E-state index contributed by atoms with van der Waals surface area (Å²) in [6.45, 7) is 4.35. The van der Waals surface area contributed by atoms with Crippen LogP contribution in [0.2, 0.25) is 0 Å². The fourth-order valence-corrected chi connectivity index (χ4v) is 1.79. The minimum atomic E-state index is -1.16. The molecule has 0 radical (unpaired) electrons. The summed E-state index contributed by atoms with van der Waals surface area (Å²) in [5.74, 6) is -1.16. The molecule has 8 nitrogen and oxygen atoms in total. The third kappa shape index (κ3) is 3.02. The maximum Gasteiger partial charge on any atom is 0.358 e. The van der Waals surface area contributed by atoms with E-state index in [9.17, 15) is 9.59 Å². The van der Waals surface area contributed by atoms with Crippen molar-refractivity contribution < 1.29 is 19.4 Å². The van der Waals surface area contributed by atoms with Gasteiger partial charge in [-0.1, -0.05) is 0 Å². The average molecular weight is 268 g/mol. The molecule has 2 rings (SSSR count). The lowest BCUT2D eigenvalue weighted by atomic mass is 10.3. The molecule has 2 amide bonds. The third-order valence-corrected chi connectivity index (χ3v) is 2.83. The minimum absolute atomic E-state index is 0.150. The molecule has 1 aliphatic heterocycles. The zero-order chi connectivity index (χ0) is 13.8. The number of urea groups is 1.